The maximum atomic E-state index is 12.7. The largest absolute Gasteiger partial charge is 0.479 e. The van der Waals surface area contributed by atoms with E-state index in [4.69, 9.17) is 14.2 Å². The van der Waals surface area contributed by atoms with Crippen molar-refractivity contribution in [2.75, 3.05) is 25.5 Å². The molecule has 0 aromatic heterocycles. The number of amides is 5. The maximum Gasteiger partial charge on any atom is 0.407 e. The average Bonchev–Trinajstić information content (AvgIpc) is 3.32. The predicted octanol–water partition coefficient (Wildman–Crippen LogP) is -1.26. The first-order valence-electron chi connectivity index (χ1n) is 14.1. The number of hydrogen-bond donors (Lipinski definition) is 7. The predicted molar refractivity (Wildman–Crippen MR) is 151 cm³/mol. The van der Waals surface area contributed by atoms with E-state index in [1.807, 2.05) is 0 Å². The van der Waals surface area contributed by atoms with Crippen LogP contribution in [0.2, 0.25) is 0 Å². The van der Waals surface area contributed by atoms with Crippen LogP contribution in [-0.2, 0) is 40.1 Å². The van der Waals surface area contributed by atoms with Crippen molar-refractivity contribution in [3.05, 3.63) is 35.9 Å². The molecule has 2 unspecified atom stereocenters. The van der Waals surface area contributed by atoms with Crippen LogP contribution < -0.4 is 20.7 Å². The van der Waals surface area contributed by atoms with E-state index >= 15 is 0 Å². The van der Waals surface area contributed by atoms with E-state index in [0.717, 1.165) is 4.90 Å². The summed E-state index contributed by atoms with van der Waals surface area (Å²) >= 11 is 0. The van der Waals surface area contributed by atoms with Crippen LogP contribution in [0, 0.1) is 0 Å². The van der Waals surface area contributed by atoms with Crippen molar-refractivity contribution in [2.24, 2.45) is 0 Å². The van der Waals surface area contributed by atoms with Gasteiger partial charge in [0.05, 0.1) is 5.69 Å². The molecule has 17 heteroatoms. The van der Waals surface area contributed by atoms with Gasteiger partial charge in [-0.3, -0.25) is 24.1 Å². The van der Waals surface area contributed by atoms with Gasteiger partial charge in [-0.1, -0.05) is 12.5 Å². The van der Waals surface area contributed by atoms with E-state index in [9.17, 15) is 49.2 Å². The average molecular weight is 637 g/mol. The normalized spacial score (nSPS) is 22.6. The quantitative estimate of drug-likeness (QED) is 0.0879. The molecule has 1 aromatic rings. The molecule has 0 spiro atoms. The zero-order chi connectivity index (χ0) is 33.1. The highest BCUT2D eigenvalue weighted by atomic mass is 16.7. The van der Waals surface area contributed by atoms with Crippen molar-refractivity contribution in [3.8, 4) is 5.75 Å². The molecule has 7 N–H and O–H groups in total. The Morgan fingerprint density at radius 3 is 2.31 bits per heavy atom. The molecule has 45 heavy (non-hydrogen) atoms. The van der Waals surface area contributed by atoms with Crippen molar-refractivity contribution in [1.29, 1.82) is 0 Å². The van der Waals surface area contributed by atoms with Crippen LogP contribution in [-0.4, -0.2) is 112 Å². The number of anilines is 1. The summed E-state index contributed by atoms with van der Waals surface area (Å²) in [6.07, 6.45) is -5.97. The number of ether oxygens (including phenoxy) is 3. The molecular formula is C28H36N4O13. The van der Waals surface area contributed by atoms with Gasteiger partial charge in [0.25, 0.3) is 11.8 Å². The fraction of sp³-hybridized carbons (Fsp3) is 0.500. The molecule has 0 bridgehead atoms. The number of benzene rings is 1. The van der Waals surface area contributed by atoms with Gasteiger partial charge >= 0.3 is 12.1 Å². The van der Waals surface area contributed by atoms with Crippen LogP contribution in [0.5, 0.6) is 5.75 Å². The second-order valence-corrected chi connectivity index (χ2v) is 10.1. The van der Waals surface area contributed by atoms with E-state index < -0.39 is 48.7 Å². The third kappa shape index (κ3) is 9.97. The third-order valence-corrected chi connectivity index (χ3v) is 6.81. The van der Waals surface area contributed by atoms with Crippen LogP contribution in [0.3, 0.4) is 0 Å². The summed E-state index contributed by atoms with van der Waals surface area (Å²) in [5.74, 6) is -3.30. The van der Waals surface area contributed by atoms with Crippen LogP contribution in [0.4, 0.5) is 10.5 Å². The molecule has 2 aliphatic rings. The minimum absolute atomic E-state index is 0.0118. The Labute approximate surface area is 257 Å². The monoisotopic (exact) mass is 636 g/mol. The molecule has 17 nitrogen and oxygen atoms in total. The topological polar surface area (TPSA) is 250 Å². The van der Waals surface area contributed by atoms with Crippen molar-refractivity contribution in [1.82, 2.24) is 15.5 Å². The molecule has 1 fully saturated rings. The van der Waals surface area contributed by atoms with Crippen LogP contribution in [0.15, 0.2) is 30.4 Å². The van der Waals surface area contributed by atoms with Crippen molar-refractivity contribution >= 4 is 41.4 Å². The number of rotatable bonds is 15. The van der Waals surface area contributed by atoms with E-state index in [0.29, 0.717) is 24.8 Å². The highest BCUT2D eigenvalue weighted by Crippen LogP contribution is 2.31. The highest BCUT2D eigenvalue weighted by Gasteiger charge is 2.48. The number of carboxylic acid groups (broad SMARTS) is 1. The number of carbonyl (C=O) groups is 6. The number of nitrogens with zero attached hydrogens (tertiary/aromatic N) is 1. The van der Waals surface area contributed by atoms with Gasteiger partial charge in [-0.2, -0.15) is 0 Å². The number of carbonyl (C=O) groups excluding carboxylic acids is 5. The number of carboxylic acids is 1. The molecule has 3 rings (SSSR count). The molecule has 2 aliphatic heterocycles. The number of imide groups is 1. The number of hydrogen-bond acceptors (Lipinski definition) is 12. The van der Waals surface area contributed by atoms with Gasteiger partial charge < -0.3 is 50.6 Å². The van der Waals surface area contributed by atoms with Crippen LogP contribution in [0.1, 0.15) is 37.7 Å². The summed E-state index contributed by atoms with van der Waals surface area (Å²) in [5.41, 5.74) is 0.422. The SMILES string of the molecule is CNC(=O)OCc1ccc(O[C@@H]2OC(C(=O)O)[C@@H](O)[C@H](O)C2O)c(NC(=O)CCNC(=O)CCCCCN2C(=O)C=CC2=O)c1. The molecule has 0 saturated carbocycles. The van der Waals surface area contributed by atoms with E-state index in [1.165, 1.54) is 37.4 Å². The number of nitrogens with one attached hydrogen (secondary N) is 3. The second kappa shape index (κ2) is 16.5. The van der Waals surface area contributed by atoms with Crippen molar-refractivity contribution in [3.63, 3.8) is 0 Å². The first-order chi connectivity index (χ1) is 21.4. The van der Waals surface area contributed by atoms with E-state index in [-0.39, 0.29) is 61.7 Å². The van der Waals surface area contributed by atoms with Gasteiger partial charge in [0.15, 0.2) is 6.10 Å². The molecule has 246 valence electrons. The van der Waals surface area contributed by atoms with E-state index in [2.05, 4.69) is 16.0 Å². The number of aliphatic carboxylic acids is 1. The van der Waals surface area contributed by atoms with Gasteiger partial charge in [-0.25, -0.2) is 9.59 Å². The maximum absolute atomic E-state index is 12.7. The lowest BCUT2D eigenvalue weighted by atomic mass is 9.99. The highest BCUT2D eigenvalue weighted by molar-refractivity contribution is 6.12. The minimum Gasteiger partial charge on any atom is -0.479 e. The summed E-state index contributed by atoms with van der Waals surface area (Å²) in [4.78, 5) is 72.0. The molecule has 1 saturated heterocycles. The van der Waals surface area contributed by atoms with Crippen LogP contribution in [0.25, 0.3) is 0 Å². The zero-order valence-corrected chi connectivity index (χ0v) is 24.3. The molecule has 0 aliphatic carbocycles. The van der Waals surface area contributed by atoms with Gasteiger partial charge in [-0.15, -0.1) is 0 Å². The summed E-state index contributed by atoms with van der Waals surface area (Å²) < 4.78 is 15.8. The zero-order valence-electron chi connectivity index (χ0n) is 24.3. The van der Waals surface area contributed by atoms with Crippen molar-refractivity contribution in [2.45, 2.75) is 69.4 Å². The first kappa shape index (κ1) is 34.9. The van der Waals surface area contributed by atoms with E-state index in [1.54, 1.807) is 0 Å². The minimum atomic E-state index is -1.93. The summed E-state index contributed by atoms with van der Waals surface area (Å²) in [7, 11) is 1.37. The smallest absolute Gasteiger partial charge is 0.407 e. The number of alkyl carbamates (subject to hydrolysis) is 1. The Kier molecular flexibility index (Phi) is 12.8. The molecule has 5 amide bonds. The van der Waals surface area contributed by atoms with Crippen molar-refractivity contribution < 1.29 is 63.4 Å². The standard InChI is InChI=1S/C28H36N4O13/c1-29-28(42)43-14-15-6-7-17(44-27-24(39)22(37)23(38)25(45-27)26(40)41)16(13-15)31-19(34)10-11-30-18(33)5-3-2-4-12-32-20(35)8-9-21(32)36/h6-9,13,22-25,27,37-39H,2-5,10-12,14H2,1H3,(H,29,42)(H,30,33)(H,31,34)(H,40,41)/t22-,23-,24?,25?,27+/m0/s1. The van der Waals surface area contributed by atoms with Gasteiger partial charge in [0, 0.05) is 45.1 Å². The lowest BCUT2D eigenvalue weighted by Gasteiger charge is -2.38. The fourth-order valence-electron chi connectivity index (χ4n) is 4.36. The summed E-state index contributed by atoms with van der Waals surface area (Å²) in [6, 6.07) is 4.18. The molecular weight excluding hydrogens is 600 g/mol. The lowest BCUT2D eigenvalue weighted by Crippen LogP contribution is -2.61. The number of aliphatic hydroxyl groups is 3. The van der Waals surface area contributed by atoms with Gasteiger partial charge in [0.2, 0.25) is 18.1 Å². The number of unbranched alkanes of at least 4 members (excludes halogenated alkanes) is 2. The molecule has 2 heterocycles. The second-order valence-electron chi connectivity index (χ2n) is 10.1. The lowest BCUT2D eigenvalue weighted by molar-refractivity contribution is -0.271. The Bertz CT molecular complexity index is 1290. The third-order valence-electron chi connectivity index (χ3n) is 6.81. The summed E-state index contributed by atoms with van der Waals surface area (Å²) in [6.45, 7) is 0.0539. The van der Waals surface area contributed by atoms with Crippen LogP contribution >= 0.6 is 0 Å². The fourth-order valence-corrected chi connectivity index (χ4v) is 4.36. The Morgan fingerprint density at radius 1 is 0.933 bits per heavy atom. The van der Waals surface area contributed by atoms with Gasteiger partial charge in [-0.05, 0) is 30.5 Å². The first-order valence-corrected chi connectivity index (χ1v) is 14.1. The Hall–Kier alpha value is -4.58. The Balaban J connectivity index is 1.54. The molecule has 1 aromatic carbocycles. The molecule has 0 radical (unpaired) electrons. The van der Waals surface area contributed by atoms with Gasteiger partial charge in [0.1, 0.15) is 30.7 Å². The number of aliphatic hydroxyl groups excluding tert-OH is 3. The Morgan fingerprint density at radius 2 is 1.64 bits per heavy atom. The summed E-state index contributed by atoms with van der Waals surface area (Å²) in [5, 5.41) is 47.1. The molecule has 5 atom stereocenters.